The zero-order valence-corrected chi connectivity index (χ0v) is 14.3. The van der Waals surface area contributed by atoms with E-state index >= 15 is 0 Å². The second-order valence-electron chi connectivity index (χ2n) is 6.12. The summed E-state index contributed by atoms with van der Waals surface area (Å²) in [7, 11) is 1.59. The molecule has 1 saturated carbocycles. The zero-order valence-electron chi connectivity index (χ0n) is 14.3. The maximum Gasteiger partial charge on any atom is 0.315 e. The van der Waals surface area contributed by atoms with Crippen LogP contribution in [0.1, 0.15) is 44.9 Å². The largest absolute Gasteiger partial charge is 0.497 e. The minimum Gasteiger partial charge on any atom is -0.497 e. The molecule has 0 heterocycles. The highest BCUT2D eigenvalue weighted by Gasteiger charge is 2.15. The van der Waals surface area contributed by atoms with Crippen molar-refractivity contribution in [1.82, 2.24) is 10.6 Å². The Morgan fingerprint density at radius 1 is 1.21 bits per heavy atom. The van der Waals surface area contributed by atoms with Gasteiger partial charge in [-0.3, -0.25) is 4.79 Å². The number of carbonyl (C=O) groups is 2. The minimum atomic E-state index is -0.130. The molecule has 2 rings (SSSR count). The van der Waals surface area contributed by atoms with Gasteiger partial charge in [0.25, 0.3) is 0 Å². The number of hydrogen-bond donors (Lipinski definition) is 3. The molecule has 6 nitrogen and oxygen atoms in total. The Bertz CT molecular complexity index is 542. The zero-order chi connectivity index (χ0) is 17.2. The first-order valence-corrected chi connectivity index (χ1v) is 8.65. The van der Waals surface area contributed by atoms with Gasteiger partial charge in [0.15, 0.2) is 0 Å². The molecule has 1 fully saturated rings. The third-order valence-electron chi connectivity index (χ3n) is 4.16. The van der Waals surface area contributed by atoms with Crippen molar-refractivity contribution in [1.29, 1.82) is 0 Å². The maximum absolute atomic E-state index is 11.9. The highest BCUT2D eigenvalue weighted by Crippen LogP contribution is 2.17. The van der Waals surface area contributed by atoms with Crippen molar-refractivity contribution in [3.8, 4) is 5.75 Å². The average Bonchev–Trinajstić information content (AvgIpc) is 2.60. The molecule has 6 heteroatoms. The Morgan fingerprint density at radius 2 is 2.00 bits per heavy atom. The maximum atomic E-state index is 11.9. The average molecular weight is 333 g/mol. The summed E-state index contributed by atoms with van der Waals surface area (Å²) in [5.74, 6) is 0.631. The van der Waals surface area contributed by atoms with Gasteiger partial charge in [0.1, 0.15) is 5.75 Å². The monoisotopic (exact) mass is 333 g/mol. The van der Waals surface area contributed by atoms with E-state index in [2.05, 4.69) is 16.0 Å². The number of anilines is 1. The molecular weight excluding hydrogens is 306 g/mol. The molecule has 0 aliphatic heterocycles. The molecule has 0 unspecified atom stereocenters. The number of hydrogen-bond acceptors (Lipinski definition) is 3. The Hall–Kier alpha value is -2.24. The van der Waals surface area contributed by atoms with Gasteiger partial charge >= 0.3 is 6.03 Å². The van der Waals surface area contributed by atoms with E-state index in [4.69, 9.17) is 4.74 Å². The lowest BCUT2D eigenvalue weighted by molar-refractivity contribution is -0.116. The fourth-order valence-electron chi connectivity index (χ4n) is 2.86. The number of ether oxygens (including phenoxy) is 1. The fourth-order valence-corrected chi connectivity index (χ4v) is 2.86. The van der Waals surface area contributed by atoms with E-state index in [1.54, 1.807) is 13.2 Å². The number of urea groups is 1. The predicted octanol–water partition coefficient (Wildman–Crippen LogP) is 3.05. The number of carbonyl (C=O) groups excluding carboxylic acids is 2. The summed E-state index contributed by atoms with van der Waals surface area (Å²) in [6, 6.07) is 7.41. The van der Waals surface area contributed by atoms with Crippen LogP contribution in [0.3, 0.4) is 0 Å². The second-order valence-corrected chi connectivity index (χ2v) is 6.12. The molecule has 0 spiro atoms. The van der Waals surface area contributed by atoms with Gasteiger partial charge in [-0.1, -0.05) is 25.3 Å². The van der Waals surface area contributed by atoms with Crippen molar-refractivity contribution >= 4 is 17.6 Å². The molecule has 0 saturated heterocycles. The van der Waals surface area contributed by atoms with Crippen molar-refractivity contribution in [2.75, 3.05) is 19.0 Å². The molecule has 1 aromatic rings. The molecule has 0 atom stereocenters. The van der Waals surface area contributed by atoms with Gasteiger partial charge in [-0.05, 0) is 31.4 Å². The Labute approximate surface area is 143 Å². The fraction of sp³-hybridized carbons (Fsp3) is 0.556. The highest BCUT2D eigenvalue weighted by atomic mass is 16.5. The van der Waals surface area contributed by atoms with Crippen LogP contribution in [0.2, 0.25) is 0 Å². The lowest BCUT2D eigenvalue weighted by atomic mass is 9.96. The van der Waals surface area contributed by atoms with Crippen LogP contribution in [-0.4, -0.2) is 31.6 Å². The summed E-state index contributed by atoms with van der Waals surface area (Å²) in [6.45, 7) is 0.490. The van der Waals surface area contributed by atoms with Crippen molar-refractivity contribution in [3.63, 3.8) is 0 Å². The lowest BCUT2D eigenvalue weighted by Crippen LogP contribution is -2.43. The van der Waals surface area contributed by atoms with Crippen LogP contribution in [0.15, 0.2) is 24.3 Å². The Kier molecular flexibility index (Phi) is 7.39. The second kappa shape index (κ2) is 9.80. The van der Waals surface area contributed by atoms with E-state index in [0.717, 1.165) is 12.8 Å². The molecule has 1 aliphatic carbocycles. The molecule has 3 amide bonds. The van der Waals surface area contributed by atoms with Gasteiger partial charge in [0.2, 0.25) is 5.91 Å². The van der Waals surface area contributed by atoms with Crippen LogP contribution in [0.5, 0.6) is 5.75 Å². The third-order valence-corrected chi connectivity index (χ3v) is 4.16. The molecule has 132 valence electrons. The van der Waals surface area contributed by atoms with Crippen LogP contribution in [-0.2, 0) is 4.79 Å². The molecular formula is C18H27N3O3. The molecule has 1 aliphatic rings. The lowest BCUT2D eigenvalue weighted by Gasteiger charge is -2.22. The van der Waals surface area contributed by atoms with Gasteiger partial charge in [-0.25, -0.2) is 4.79 Å². The van der Waals surface area contributed by atoms with Crippen molar-refractivity contribution in [2.45, 2.75) is 51.0 Å². The number of nitrogens with one attached hydrogen (secondary N) is 3. The molecule has 0 aromatic heterocycles. The molecule has 3 N–H and O–H groups in total. The molecule has 0 bridgehead atoms. The summed E-state index contributed by atoms with van der Waals surface area (Å²) in [6.07, 6.45) is 6.74. The van der Waals surface area contributed by atoms with Gasteiger partial charge in [0.05, 0.1) is 7.11 Å². The van der Waals surface area contributed by atoms with Gasteiger partial charge in [-0.2, -0.15) is 0 Å². The van der Waals surface area contributed by atoms with Gasteiger partial charge in [0, 0.05) is 30.8 Å². The standard InChI is InChI=1S/C18H27N3O3/c1-24-16-10-5-9-15(13-16)20-17(22)11-6-12-19-18(23)21-14-7-3-2-4-8-14/h5,9-10,13-14H,2-4,6-8,11-12H2,1H3,(H,20,22)(H2,19,21,23). The first-order chi connectivity index (χ1) is 11.7. The summed E-state index contributed by atoms with van der Waals surface area (Å²) in [5, 5.41) is 8.64. The Morgan fingerprint density at radius 3 is 2.75 bits per heavy atom. The summed E-state index contributed by atoms with van der Waals surface area (Å²) >= 11 is 0. The quantitative estimate of drug-likeness (QED) is 0.671. The SMILES string of the molecule is COc1cccc(NC(=O)CCCNC(=O)NC2CCCCC2)c1. The first kappa shape index (κ1) is 18.1. The van der Waals surface area contributed by atoms with E-state index in [1.807, 2.05) is 18.2 Å². The number of rotatable bonds is 7. The van der Waals surface area contributed by atoms with Gasteiger partial charge < -0.3 is 20.7 Å². The Balaban J connectivity index is 1.59. The normalized spacial score (nSPS) is 14.7. The topological polar surface area (TPSA) is 79.5 Å². The number of amides is 3. The van der Waals surface area contributed by atoms with E-state index < -0.39 is 0 Å². The van der Waals surface area contributed by atoms with E-state index in [-0.39, 0.29) is 11.9 Å². The van der Waals surface area contributed by atoms with Crippen LogP contribution < -0.4 is 20.7 Å². The third kappa shape index (κ3) is 6.48. The van der Waals surface area contributed by atoms with Crippen LogP contribution in [0.4, 0.5) is 10.5 Å². The molecule has 24 heavy (non-hydrogen) atoms. The highest BCUT2D eigenvalue weighted by molar-refractivity contribution is 5.90. The number of benzene rings is 1. The van der Waals surface area contributed by atoms with Gasteiger partial charge in [-0.15, -0.1) is 0 Å². The molecule has 0 radical (unpaired) electrons. The van der Waals surface area contributed by atoms with Crippen LogP contribution in [0.25, 0.3) is 0 Å². The number of methoxy groups -OCH3 is 1. The summed E-state index contributed by atoms with van der Waals surface area (Å²) in [5.41, 5.74) is 0.711. The van der Waals surface area contributed by atoms with E-state index in [1.165, 1.54) is 19.3 Å². The van der Waals surface area contributed by atoms with E-state index in [9.17, 15) is 9.59 Å². The smallest absolute Gasteiger partial charge is 0.315 e. The minimum absolute atomic E-state index is 0.0715. The van der Waals surface area contributed by atoms with Crippen molar-refractivity contribution in [2.24, 2.45) is 0 Å². The van der Waals surface area contributed by atoms with Crippen molar-refractivity contribution < 1.29 is 14.3 Å². The van der Waals surface area contributed by atoms with Crippen molar-refractivity contribution in [3.05, 3.63) is 24.3 Å². The summed E-state index contributed by atoms with van der Waals surface area (Å²) in [4.78, 5) is 23.7. The van der Waals surface area contributed by atoms with E-state index in [0.29, 0.717) is 36.9 Å². The van der Waals surface area contributed by atoms with Crippen LogP contribution in [0, 0.1) is 0 Å². The summed E-state index contributed by atoms with van der Waals surface area (Å²) < 4.78 is 5.12. The van der Waals surface area contributed by atoms with Crippen LogP contribution >= 0.6 is 0 Å². The molecule has 1 aromatic carbocycles. The predicted molar refractivity (Wildman–Crippen MR) is 94.3 cm³/mol. The first-order valence-electron chi connectivity index (χ1n) is 8.65.